The van der Waals surface area contributed by atoms with Gasteiger partial charge in [-0.3, -0.25) is 9.78 Å². The molecule has 0 atom stereocenters. The number of hydrogen-bond acceptors (Lipinski definition) is 4. The van der Waals surface area contributed by atoms with Gasteiger partial charge in [0.25, 0.3) is 5.91 Å². The number of carbonyl (C=O) groups is 1. The summed E-state index contributed by atoms with van der Waals surface area (Å²) in [6, 6.07) is 14.2. The van der Waals surface area contributed by atoms with Gasteiger partial charge in [0.05, 0.1) is 22.9 Å². The third kappa shape index (κ3) is 3.82. The zero-order chi connectivity index (χ0) is 19.5. The van der Waals surface area contributed by atoms with Crippen molar-refractivity contribution in [3.05, 3.63) is 71.7 Å². The lowest BCUT2D eigenvalue weighted by Gasteiger charge is -2.31. The molecule has 144 valence electrons. The van der Waals surface area contributed by atoms with Gasteiger partial charge in [0.15, 0.2) is 0 Å². The van der Waals surface area contributed by atoms with Gasteiger partial charge in [-0.15, -0.1) is 0 Å². The summed E-state index contributed by atoms with van der Waals surface area (Å²) in [5.74, 6) is -0.547. The molecule has 2 N–H and O–H groups in total. The Morgan fingerprint density at radius 2 is 1.96 bits per heavy atom. The summed E-state index contributed by atoms with van der Waals surface area (Å²) in [5.41, 5.74) is 2.39. The molecule has 1 fully saturated rings. The third-order valence-corrected chi connectivity index (χ3v) is 5.15. The smallest absolute Gasteiger partial charge is 0.253 e. The lowest BCUT2D eigenvalue weighted by Crippen LogP contribution is -2.36. The van der Waals surface area contributed by atoms with E-state index in [-0.39, 0.29) is 24.4 Å². The van der Waals surface area contributed by atoms with Crippen LogP contribution in [0.5, 0.6) is 0 Å². The molecule has 1 amide bonds. The highest BCUT2D eigenvalue weighted by atomic mass is 19.1. The first-order valence-corrected chi connectivity index (χ1v) is 9.45. The van der Waals surface area contributed by atoms with Crippen molar-refractivity contribution in [1.82, 2.24) is 10.3 Å². The number of fused-ring (bicyclic) bond motifs is 1. The van der Waals surface area contributed by atoms with Gasteiger partial charge in [-0.1, -0.05) is 24.3 Å². The second kappa shape index (κ2) is 7.94. The monoisotopic (exact) mass is 379 g/mol. The number of anilines is 1. The van der Waals surface area contributed by atoms with E-state index in [9.17, 15) is 14.3 Å². The number of hydrogen-bond donors (Lipinski definition) is 2. The maximum absolute atomic E-state index is 14.6. The molecule has 0 saturated carbocycles. The molecule has 0 spiro atoms. The predicted molar refractivity (Wildman–Crippen MR) is 107 cm³/mol. The zero-order valence-electron chi connectivity index (χ0n) is 15.4. The molecule has 2 heterocycles. The first-order valence-electron chi connectivity index (χ1n) is 9.45. The summed E-state index contributed by atoms with van der Waals surface area (Å²) in [7, 11) is 0. The number of carbonyl (C=O) groups excluding carboxylic acids is 1. The molecule has 5 nitrogen and oxygen atoms in total. The molecule has 1 aliphatic heterocycles. The number of aliphatic hydroxyl groups excluding tert-OH is 1. The van der Waals surface area contributed by atoms with Crippen molar-refractivity contribution in [3.8, 4) is 0 Å². The SMILES string of the molecule is O=C(NCc1ccc(N2CCC(O)CC2)c(F)c1)c1cccc2cccnc12. The number of nitrogens with one attached hydrogen (secondary N) is 1. The van der Waals surface area contributed by atoms with E-state index in [1.165, 1.54) is 6.07 Å². The number of piperidine rings is 1. The fourth-order valence-electron chi connectivity index (χ4n) is 3.59. The number of aliphatic hydroxyl groups is 1. The van der Waals surface area contributed by atoms with Crippen LogP contribution in [-0.2, 0) is 6.54 Å². The van der Waals surface area contributed by atoms with Gasteiger partial charge < -0.3 is 15.3 Å². The minimum Gasteiger partial charge on any atom is -0.393 e. The number of nitrogens with zero attached hydrogens (tertiary/aromatic N) is 2. The molecule has 0 aliphatic carbocycles. The predicted octanol–water partition coefficient (Wildman–Crippen LogP) is 3.27. The molecular formula is C22H22FN3O2. The van der Waals surface area contributed by atoms with Crippen LogP contribution in [0.1, 0.15) is 28.8 Å². The topological polar surface area (TPSA) is 65.5 Å². The Kier molecular flexibility index (Phi) is 5.21. The highest BCUT2D eigenvalue weighted by Gasteiger charge is 2.20. The molecule has 28 heavy (non-hydrogen) atoms. The Morgan fingerprint density at radius 1 is 1.18 bits per heavy atom. The van der Waals surface area contributed by atoms with E-state index in [0.29, 0.717) is 48.3 Å². The van der Waals surface area contributed by atoms with Crippen LogP contribution in [0.3, 0.4) is 0 Å². The highest BCUT2D eigenvalue weighted by molar-refractivity contribution is 6.05. The fourth-order valence-corrected chi connectivity index (χ4v) is 3.59. The Morgan fingerprint density at radius 3 is 2.75 bits per heavy atom. The molecule has 3 aromatic rings. The van der Waals surface area contributed by atoms with Crippen LogP contribution in [0.4, 0.5) is 10.1 Å². The van der Waals surface area contributed by atoms with E-state index >= 15 is 0 Å². The molecule has 1 saturated heterocycles. The summed E-state index contributed by atoms with van der Waals surface area (Å²) < 4.78 is 14.6. The minimum absolute atomic E-state index is 0.234. The average molecular weight is 379 g/mol. The number of pyridine rings is 1. The van der Waals surface area contributed by atoms with Gasteiger partial charge in [0.1, 0.15) is 5.82 Å². The van der Waals surface area contributed by atoms with Crippen LogP contribution in [0.15, 0.2) is 54.7 Å². The van der Waals surface area contributed by atoms with Crippen LogP contribution in [-0.4, -0.2) is 35.2 Å². The van der Waals surface area contributed by atoms with E-state index in [4.69, 9.17) is 0 Å². The normalized spacial score (nSPS) is 15.0. The number of aromatic nitrogens is 1. The average Bonchev–Trinajstić information content (AvgIpc) is 2.72. The molecule has 4 rings (SSSR count). The standard InChI is InChI=1S/C22H22FN3O2/c23-19-13-15(6-7-20(19)26-11-8-17(27)9-12-26)14-25-22(28)18-5-1-3-16-4-2-10-24-21(16)18/h1-7,10,13,17,27H,8-9,11-12,14H2,(H,25,28). The van der Waals surface area contributed by atoms with Gasteiger partial charge in [0.2, 0.25) is 0 Å². The van der Waals surface area contributed by atoms with E-state index in [1.54, 1.807) is 18.3 Å². The zero-order valence-corrected chi connectivity index (χ0v) is 15.4. The van der Waals surface area contributed by atoms with Crippen LogP contribution >= 0.6 is 0 Å². The van der Waals surface area contributed by atoms with E-state index < -0.39 is 0 Å². The Labute approximate surface area is 162 Å². The third-order valence-electron chi connectivity index (χ3n) is 5.15. The van der Waals surface area contributed by atoms with Crippen molar-refractivity contribution < 1.29 is 14.3 Å². The van der Waals surface area contributed by atoms with E-state index in [1.807, 2.05) is 35.2 Å². The number of halogens is 1. The first-order chi connectivity index (χ1) is 13.6. The van der Waals surface area contributed by atoms with Crippen molar-refractivity contribution in [2.75, 3.05) is 18.0 Å². The van der Waals surface area contributed by atoms with Crippen LogP contribution in [0, 0.1) is 5.82 Å². The number of para-hydroxylation sites is 1. The molecule has 2 aromatic carbocycles. The maximum Gasteiger partial charge on any atom is 0.253 e. The summed E-state index contributed by atoms with van der Waals surface area (Å²) in [4.78, 5) is 18.8. The van der Waals surface area contributed by atoms with Crippen molar-refractivity contribution in [1.29, 1.82) is 0 Å². The van der Waals surface area contributed by atoms with Gasteiger partial charge >= 0.3 is 0 Å². The summed E-state index contributed by atoms with van der Waals surface area (Å²) >= 11 is 0. The van der Waals surface area contributed by atoms with Gasteiger partial charge in [-0.2, -0.15) is 0 Å². The Hall–Kier alpha value is -2.99. The molecule has 1 aromatic heterocycles. The van der Waals surface area contributed by atoms with Gasteiger partial charge in [0, 0.05) is 31.2 Å². The van der Waals surface area contributed by atoms with Crippen molar-refractivity contribution >= 4 is 22.5 Å². The summed E-state index contributed by atoms with van der Waals surface area (Å²) in [6.07, 6.45) is 2.66. The van der Waals surface area contributed by atoms with Crippen LogP contribution < -0.4 is 10.2 Å². The van der Waals surface area contributed by atoms with Crippen molar-refractivity contribution in [2.45, 2.75) is 25.5 Å². The van der Waals surface area contributed by atoms with E-state index in [0.717, 1.165) is 5.39 Å². The maximum atomic E-state index is 14.6. The summed E-state index contributed by atoms with van der Waals surface area (Å²) in [5, 5.41) is 13.4. The molecule has 0 unspecified atom stereocenters. The van der Waals surface area contributed by atoms with Gasteiger partial charge in [-0.05, 0) is 42.7 Å². The molecule has 1 aliphatic rings. The number of benzene rings is 2. The lowest BCUT2D eigenvalue weighted by atomic mass is 10.1. The largest absolute Gasteiger partial charge is 0.393 e. The highest BCUT2D eigenvalue weighted by Crippen LogP contribution is 2.24. The van der Waals surface area contributed by atoms with E-state index in [2.05, 4.69) is 10.3 Å². The second-order valence-electron chi connectivity index (χ2n) is 7.07. The fraction of sp³-hybridized carbons (Fsp3) is 0.273. The second-order valence-corrected chi connectivity index (χ2v) is 7.07. The molecule has 0 radical (unpaired) electrons. The Bertz CT molecular complexity index is 995. The lowest BCUT2D eigenvalue weighted by molar-refractivity contribution is 0.0952. The quantitative estimate of drug-likeness (QED) is 0.730. The molecule has 0 bridgehead atoms. The number of amides is 1. The van der Waals surface area contributed by atoms with Gasteiger partial charge in [-0.25, -0.2) is 4.39 Å². The Balaban J connectivity index is 1.45. The van der Waals surface area contributed by atoms with Crippen LogP contribution in [0.2, 0.25) is 0 Å². The first kappa shape index (κ1) is 18.4. The van der Waals surface area contributed by atoms with Crippen LogP contribution in [0.25, 0.3) is 10.9 Å². The number of rotatable bonds is 4. The molecular weight excluding hydrogens is 357 g/mol. The summed E-state index contributed by atoms with van der Waals surface area (Å²) in [6.45, 7) is 1.52. The minimum atomic E-state index is -0.310. The molecule has 6 heteroatoms. The van der Waals surface area contributed by atoms with Crippen molar-refractivity contribution in [2.24, 2.45) is 0 Å². The van der Waals surface area contributed by atoms with Crippen molar-refractivity contribution in [3.63, 3.8) is 0 Å².